The molecule has 0 aliphatic carbocycles. The molecule has 3 nitrogen and oxygen atoms in total. The Hall–Kier alpha value is -2.07. The first-order chi connectivity index (χ1) is 9.22. The zero-order valence-electron chi connectivity index (χ0n) is 10.7. The molecule has 0 bridgehead atoms. The lowest BCUT2D eigenvalue weighted by molar-refractivity contribution is -0.646. The molecule has 2 aromatic carbocycles. The van der Waals surface area contributed by atoms with Crippen molar-refractivity contribution in [2.24, 2.45) is 7.05 Å². The van der Waals surface area contributed by atoms with E-state index in [1.54, 1.807) is 11.3 Å². The highest BCUT2D eigenvalue weighted by Gasteiger charge is 2.15. The largest absolute Gasteiger partial charge is 0.244 e. The molecule has 19 heavy (non-hydrogen) atoms. The Kier molecular flexibility index (Phi) is 2.11. The summed E-state index contributed by atoms with van der Waals surface area (Å²) in [6.07, 6.45) is 0. The van der Waals surface area contributed by atoms with Crippen molar-refractivity contribution in [2.45, 2.75) is 6.92 Å². The Morgan fingerprint density at radius 3 is 2.26 bits per heavy atom. The predicted octanol–water partition coefficient (Wildman–Crippen LogP) is 3.13. The second kappa shape index (κ2) is 3.71. The average Bonchev–Trinajstić information content (AvgIpc) is 2.69. The third-order valence-corrected chi connectivity index (χ3v) is 4.63. The van der Waals surface area contributed by atoms with E-state index in [4.69, 9.17) is 9.97 Å². The molecule has 2 aromatic heterocycles. The fourth-order valence-corrected chi connectivity index (χ4v) is 3.40. The van der Waals surface area contributed by atoms with E-state index >= 15 is 0 Å². The summed E-state index contributed by atoms with van der Waals surface area (Å²) in [6.45, 7) is 2.13. The van der Waals surface area contributed by atoms with Gasteiger partial charge in [0, 0.05) is 13.0 Å². The minimum atomic E-state index is 0.948. The summed E-state index contributed by atoms with van der Waals surface area (Å²) in [5.74, 6) is 0. The van der Waals surface area contributed by atoms with E-state index in [-0.39, 0.29) is 0 Å². The van der Waals surface area contributed by atoms with Crippen LogP contribution >= 0.6 is 11.3 Å². The van der Waals surface area contributed by atoms with Crippen molar-refractivity contribution < 1.29 is 4.57 Å². The lowest BCUT2D eigenvalue weighted by atomic mass is 10.2. The average molecular weight is 266 g/mol. The van der Waals surface area contributed by atoms with Gasteiger partial charge in [-0.15, -0.1) is 0 Å². The van der Waals surface area contributed by atoms with E-state index in [0.29, 0.717) is 0 Å². The van der Waals surface area contributed by atoms with E-state index in [0.717, 1.165) is 22.1 Å². The maximum atomic E-state index is 4.71. The second-order valence-corrected chi connectivity index (χ2v) is 5.94. The van der Waals surface area contributed by atoms with E-state index in [1.807, 2.05) is 24.3 Å². The maximum Gasteiger partial charge on any atom is 0.234 e. The molecule has 0 atom stereocenters. The molecule has 0 unspecified atom stereocenters. The van der Waals surface area contributed by atoms with Crippen LogP contribution in [0.3, 0.4) is 0 Å². The first-order valence-corrected chi connectivity index (χ1v) is 7.00. The summed E-state index contributed by atoms with van der Waals surface area (Å²) in [4.78, 5) is 9.41. The van der Waals surface area contributed by atoms with E-state index in [2.05, 4.69) is 30.7 Å². The molecule has 0 radical (unpaired) electrons. The molecule has 4 aromatic rings. The van der Waals surface area contributed by atoms with Gasteiger partial charge in [-0.05, 0) is 18.2 Å². The first kappa shape index (κ1) is 10.8. The Labute approximate surface area is 114 Å². The molecule has 0 aliphatic rings. The molecule has 4 heteroatoms. The lowest BCUT2D eigenvalue weighted by Crippen LogP contribution is -2.28. The Balaban J connectivity index is 2.19. The topological polar surface area (TPSA) is 29.7 Å². The van der Waals surface area contributed by atoms with Crippen LogP contribution in [0.5, 0.6) is 0 Å². The van der Waals surface area contributed by atoms with Crippen molar-refractivity contribution in [3.8, 4) is 0 Å². The van der Waals surface area contributed by atoms with Crippen LogP contribution in [-0.4, -0.2) is 9.97 Å². The number of hydrogen-bond acceptors (Lipinski definition) is 3. The van der Waals surface area contributed by atoms with Gasteiger partial charge in [-0.1, -0.05) is 23.5 Å². The highest BCUT2D eigenvalue weighted by Crippen LogP contribution is 2.25. The number of rotatable bonds is 0. The van der Waals surface area contributed by atoms with Gasteiger partial charge in [-0.25, -0.2) is 9.97 Å². The van der Waals surface area contributed by atoms with Crippen LogP contribution in [-0.2, 0) is 7.05 Å². The standard InChI is InChI=1S/C15H12N3S/c1-9-18(2)14-7-12-13(8-15(14)19-9)17-11-6-4-3-5-10(11)16-12/h3-8H,1-2H3/q+1. The summed E-state index contributed by atoms with van der Waals surface area (Å²) in [6, 6.07) is 12.3. The summed E-state index contributed by atoms with van der Waals surface area (Å²) in [5, 5.41) is 1.29. The zero-order chi connectivity index (χ0) is 13.0. The normalized spacial score (nSPS) is 11.7. The summed E-state index contributed by atoms with van der Waals surface area (Å²) < 4.78 is 3.47. The van der Waals surface area contributed by atoms with Gasteiger partial charge >= 0.3 is 0 Å². The van der Waals surface area contributed by atoms with Crippen LogP contribution in [0.15, 0.2) is 36.4 Å². The van der Waals surface area contributed by atoms with Gasteiger partial charge in [0.2, 0.25) is 10.5 Å². The van der Waals surface area contributed by atoms with Gasteiger partial charge in [0.1, 0.15) is 11.7 Å². The quantitative estimate of drug-likeness (QED) is 0.361. The molecular formula is C15H12N3S+. The number of thiazole rings is 1. The van der Waals surface area contributed by atoms with Gasteiger partial charge < -0.3 is 0 Å². The molecule has 0 aliphatic heterocycles. The van der Waals surface area contributed by atoms with Gasteiger partial charge in [-0.3, -0.25) is 0 Å². The molecule has 2 heterocycles. The Bertz CT molecular complexity index is 940. The number of para-hydroxylation sites is 2. The summed E-state index contributed by atoms with van der Waals surface area (Å²) >= 11 is 1.79. The third-order valence-electron chi connectivity index (χ3n) is 3.51. The van der Waals surface area contributed by atoms with Crippen LogP contribution in [0.4, 0.5) is 0 Å². The predicted molar refractivity (Wildman–Crippen MR) is 78.3 cm³/mol. The van der Waals surface area contributed by atoms with Crippen molar-refractivity contribution in [2.75, 3.05) is 0 Å². The summed E-state index contributed by atoms with van der Waals surface area (Å²) in [7, 11) is 2.09. The van der Waals surface area contributed by atoms with E-state index < -0.39 is 0 Å². The van der Waals surface area contributed by atoms with Crippen LogP contribution in [0.2, 0.25) is 0 Å². The van der Waals surface area contributed by atoms with Crippen LogP contribution in [0.1, 0.15) is 5.01 Å². The molecular weight excluding hydrogens is 254 g/mol. The minimum absolute atomic E-state index is 0.948. The molecule has 0 spiro atoms. The van der Waals surface area contributed by atoms with E-state index in [9.17, 15) is 0 Å². The van der Waals surface area contributed by atoms with Gasteiger partial charge in [0.25, 0.3) is 0 Å². The van der Waals surface area contributed by atoms with Crippen molar-refractivity contribution in [3.05, 3.63) is 41.4 Å². The van der Waals surface area contributed by atoms with Crippen molar-refractivity contribution in [3.63, 3.8) is 0 Å². The van der Waals surface area contributed by atoms with Gasteiger partial charge in [0.05, 0.1) is 22.1 Å². The van der Waals surface area contributed by atoms with Gasteiger partial charge in [-0.2, -0.15) is 4.57 Å². The molecule has 0 saturated carbocycles. The summed E-state index contributed by atoms with van der Waals surface area (Å²) in [5.41, 5.74) is 5.04. The van der Waals surface area contributed by atoms with Crippen LogP contribution in [0, 0.1) is 6.92 Å². The van der Waals surface area contributed by atoms with Crippen molar-refractivity contribution in [1.29, 1.82) is 0 Å². The van der Waals surface area contributed by atoms with Crippen molar-refractivity contribution >= 4 is 43.6 Å². The molecule has 0 saturated heterocycles. The molecule has 92 valence electrons. The van der Waals surface area contributed by atoms with E-state index in [1.165, 1.54) is 15.2 Å². The smallest absolute Gasteiger partial charge is 0.234 e. The lowest BCUT2D eigenvalue weighted by Gasteiger charge is -1.99. The molecule has 4 rings (SSSR count). The third kappa shape index (κ3) is 1.53. The van der Waals surface area contributed by atoms with Crippen molar-refractivity contribution in [1.82, 2.24) is 9.97 Å². The molecule has 0 amide bonds. The number of nitrogens with zero attached hydrogens (tertiary/aromatic N) is 3. The van der Waals surface area contributed by atoms with Crippen LogP contribution < -0.4 is 4.57 Å². The van der Waals surface area contributed by atoms with Crippen LogP contribution in [0.25, 0.3) is 32.3 Å². The Morgan fingerprint density at radius 1 is 0.947 bits per heavy atom. The highest BCUT2D eigenvalue weighted by atomic mass is 32.1. The monoisotopic (exact) mass is 266 g/mol. The first-order valence-electron chi connectivity index (χ1n) is 6.18. The molecule has 0 N–H and O–H groups in total. The number of aromatic nitrogens is 3. The second-order valence-electron chi connectivity index (χ2n) is 4.70. The SMILES string of the molecule is Cc1sc2cc3nc4ccccc4nc3cc2[n+]1C. The Morgan fingerprint density at radius 2 is 1.58 bits per heavy atom. The maximum absolute atomic E-state index is 4.71. The van der Waals surface area contributed by atoms with Gasteiger partial charge in [0.15, 0.2) is 0 Å². The number of fused-ring (bicyclic) bond motifs is 3. The zero-order valence-corrected chi connectivity index (χ0v) is 11.5. The number of aryl methyl sites for hydroxylation is 2. The number of benzene rings is 2. The number of hydrogen-bond donors (Lipinski definition) is 0. The highest BCUT2D eigenvalue weighted by molar-refractivity contribution is 7.18. The molecule has 0 fully saturated rings. The fraction of sp³-hybridized carbons (Fsp3) is 0.133. The fourth-order valence-electron chi connectivity index (χ4n) is 2.38. The minimum Gasteiger partial charge on any atom is -0.244 e.